The van der Waals surface area contributed by atoms with Gasteiger partial charge in [0, 0.05) is 16.7 Å². The van der Waals surface area contributed by atoms with E-state index >= 15 is 0 Å². The lowest BCUT2D eigenvalue weighted by Gasteiger charge is -2.01. The van der Waals surface area contributed by atoms with Gasteiger partial charge in [0.05, 0.1) is 11.0 Å². The molecule has 0 aliphatic heterocycles. The molecule has 3 N–H and O–H groups in total. The number of amides is 1. The molecule has 0 atom stereocenters. The lowest BCUT2D eigenvalue weighted by Crippen LogP contribution is -2.11. The van der Waals surface area contributed by atoms with Crippen molar-refractivity contribution < 1.29 is 4.79 Å². The maximum Gasteiger partial charge on any atom is 0.256 e. The van der Waals surface area contributed by atoms with Crippen LogP contribution in [0.25, 0.3) is 22.6 Å². The minimum absolute atomic E-state index is 0.255. The molecule has 24 heavy (non-hydrogen) atoms. The molecule has 0 saturated heterocycles. The first-order chi connectivity index (χ1) is 11.7. The van der Waals surface area contributed by atoms with E-state index in [1.54, 1.807) is 30.3 Å². The van der Waals surface area contributed by atoms with Crippen molar-refractivity contribution in [1.82, 2.24) is 20.2 Å². The van der Waals surface area contributed by atoms with Crippen molar-refractivity contribution in [3.05, 3.63) is 65.2 Å². The van der Waals surface area contributed by atoms with E-state index in [4.69, 9.17) is 11.6 Å². The third-order valence-corrected chi connectivity index (χ3v) is 3.82. The van der Waals surface area contributed by atoms with Gasteiger partial charge in [-0.2, -0.15) is 5.10 Å². The Labute approximate surface area is 141 Å². The molecule has 118 valence electrons. The second-order valence-corrected chi connectivity index (χ2v) is 5.67. The van der Waals surface area contributed by atoms with Crippen molar-refractivity contribution in [1.29, 1.82) is 0 Å². The highest BCUT2D eigenvalue weighted by Crippen LogP contribution is 2.21. The summed E-state index contributed by atoms with van der Waals surface area (Å²) < 4.78 is 0. The number of carbonyl (C=O) groups is 1. The fourth-order valence-electron chi connectivity index (χ4n) is 2.38. The first-order valence-corrected chi connectivity index (χ1v) is 7.64. The van der Waals surface area contributed by atoms with Crippen LogP contribution in [0.2, 0.25) is 5.02 Å². The number of hydrogen-bond donors (Lipinski definition) is 3. The highest BCUT2D eigenvalue weighted by molar-refractivity contribution is 6.30. The van der Waals surface area contributed by atoms with Gasteiger partial charge in [-0.05, 0) is 36.4 Å². The maximum absolute atomic E-state index is 12.2. The molecule has 0 unspecified atom stereocenters. The number of para-hydroxylation sites is 2. The summed E-state index contributed by atoms with van der Waals surface area (Å²) in [4.78, 5) is 19.9. The summed E-state index contributed by atoms with van der Waals surface area (Å²) in [5.41, 5.74) is 3.01. The van der Waals surface area contributed by atoms with Crippen LogP contribution in [0, 0.1) is 0 Å². The Morgan fingerprint density at radius 3 is 2.67 bits per heavy atom. The molecule has 2 heterocycles. The molecule has 2 aromatic heterocycles. The SMILES string of the molecule is O=C(Nc1cc(-c2nc3ccccc3[nH]2)[nH]n1)c1ccc(Cl)cc1. The highest BCUT2D eigenvalue weighted by atomic mass is 35.5. The Morgan fingerprint density at radius 2 is 1.88 bits per heavy atom. The third-order valence-electron chi connectivity index (χ3n) is 3.57. The summed E-state index contributed by atoms with van der Waals surface area (Å²) in [6.07, 6.45) is 0. The fraction of sp³-hybridized carbons (Fsp3) is 0. The van der Waals surface area contributed by atoms with Crippen LogP contribution in [-0.2, 0) is 0 Å². The van der Waals surface area contributed by atoms with Crippen molar-refractivity contribution in [2.24, 2.45) is 0 Å². The van der Waals surface area contributed by atoms with E-state index in [1.807, 2.05) is 24.3 Å². The summed E-state index contributed by atoms with van der Waals surface area (Å²) >= 11 is 5.82. The van der Waals surface area contributed by atoms with Crippen LogP contribution in [0.4, 0.5) is 5.82 Å². The van der Waals surface area contributed by atoms with Crippen LogP contribution in [0.3, 0.4) is 0 Å². The van der Waals surface area contributed by atoms with Gasteiger partial charge in [-0.3, -0.25) is 9.89 Å². The molecule has 0 radical (unpaired) electrons. The molecule has 0 fully saturated rings. The Kier molecular flexibility index (Phi) is 3.51. The van der Waals surface area contributed by atoms with Crippen molar-refractivity contribution in [2.45, 2.75) is 0 Å². The quantitative estimate of drug-likeness (QED) is 0.530. The fourth-order valence-corrected chi connectivity index (χ4v) is 2.50. The molecule has 2 aromatic carbocycles. The molecule has 6 nitrogen and oxygen atoms in total. The molecule has 4 rings (SSSR count). The number of imidazole rings is 1. The molecule has 0 bridgehead atoms. The number of nitrogens with one attached hydrogen (secondary N) is 3. The zero-order valence-electron chi connectivity index (χ0n) is 12.4. The number of nitrogens with zero attached hydrogens (tertiary/aromatic N) is 2. The Morgan fingerprint density at radius 1 is 1.08 bits per heavy atom. The first kappa shape index (κ1) is 14.5. The monoisotopic (exact) mass is 337 g/mol. The number of anilines is 1. The largest absolute Gasteiger partial charge is 0.337 e. The van der Waals surface area contributed by atoms with Gasteiger partial charge in [-0.25, -0.2) is 4.98 Å². The van der Waals surface area contributed by atoms with Gasteiger partial charge in [-0.15, -0.1) is 0 Å². The van der Waals surface area contributed by atoms with Gasteiger partial charge in [0.15, 0.2) is 11.6 Å². The van der Waals surface area contributed by atoms with Gasteiger partial charge in [0.1, 0.15) is 5.69 Å². The first-order valence-electron chi connectivity index (χ1n) is 7.26. The van der Waals surface area contributed by atoms with Crippen molar-refractivity contribution >= 4 is 34.4 Å². The molecule has 0 aliphatic rings. The molecule has 4 aromatic rings. The summed E-state index contributed by atoms with van der Waals surface area (Å²) in [6, 6.07) is 16.1. The van der Waals surface area contributed by atoms with E-state index in [-0.39, 0.29) is 5.91 Å². The van der Waals surface area contributed by atoms with E-state index in [1.165, 1.54) is 0 Å². The summed E-state index contributed by atoms with van der Waals surface area (Å²) in [6.45, 7) is 0. The van der Waals surface area contributed by atoms with E-state index in [9.17, 15) is 4.79 Å². The molecule has 0 saturated carbocycles. The van der Waals surface area contributed by atoms with Crippen LogP contribution in [0.1, 0.15) is 10.4 Å². The van der Waals surface area contributed by atoms with Crippen LogP contribution < -0.4 is 5.32 Å². The normalized spacial score (nSPS) is 10.9. The topological polar surface area (TPSA) is 86.5 Å². The zero-order valence-corrected chi connectivity index (χ0v) is 13.1. The number of carbonyl (C=O) groups excluding carboxylic acids is 1. The molecule has 0 aliphatic carbocycles. The van der Waals surface area contributed by atoms with E-state index < -0.39 is 0 Å². The van der Waals surface area contributed by atoms with Crippen molar-refractivity contribution in [3.8, 4) is 11.5 Å². The minimum atomic E-state index is -0.255. The number of fused-ring (bicyclic) bond motifs is 1. The molecule has 7 heteroatoms. The number of aromatic nitrogens is 4. The van der Waals surface area contributed by atoms with E-state index in [2.05, 4.69) is 25.5 Å². The van der Waals surface area contributed by atoms with Gasteiger partial charge in [0.2, 0.25) is 0 Å². The number of rotatable bonds is 3. The number of aromatic amines is 2. The molecule has 0 spiro atoms. The van der Waals surface area contributed by atoms with Crippen LogP contribution >= 0.6 is 11.6 Å². The standard InChI is InChI=1S/C17H12ClN5O/c18-11-7-5-10(6-8-11)17(24)21-15-9-14(22-23-15)16-19-12-3-1-2-4-13(12)20-16/h1-9H,(H,19,20)(H2,21,22,23,24). The molecular weight excluding hydrogens is 326 g/mol. The minimum Gasteiger partial charge on any atom is -0.337 e. The average molecular weight is 338 g/mol. The van der Waals surface area contributed by atoms with Crippen molar-refractivity contribution in [2.75, 3.05) is 5.32 Å². The van der Waals surface area contributed by atoms with Crippen LogP contribution in [0.15, 0.2) is 54.6 Å². The van der Waals surface area contributed by atoms with Crippen LogP contribution in [0.5, 0.6) is 0 Å². The number of benzene rings is 2. The number of hydrogen-bond acceptors (Lipinski definition) is 3. The predicted octanol–water partition coefficient (Wildman–Crippen LogP) is 3.86. The lowest BCUT2D eigenvalue weighted by atomic mass is 10.2. The highest BCUT2D eigenvalue weighted by Gasteiger charge is 2.11. The second-order valence-electron chi connectivity index (χ2n) is 5.23. The Balaban J connectivity index is 1.56. The number of H-pyrrole nitrogens is 2. The second kappa shape index (κ2) is 5.82. The summed E-state index contributed by atoms with van der Waals surface area (Å²) in [7, 11) is 0. The summed E-state index contributed by atoms with van der Waals surface area (Å²) in [5, 5.41) is 10.3. The van der Waals surface area contributed by atoms with Crippen LogP contribution in [-0.4, -0.2) is 26.1 Å². The predicted molar refractivity (Wildman–Crippen MR) is 93.1 cm³/mol. The van der Waals surface area contributed by atoms with Gasteiger partial charge in [-0.1, -0.05) is 23.7 Å². The average Bonchev–Trinajstić information content (AvgIpc) is 3.21. The molecular formula is C17H12ClN5O. The molecule has 1 amide bonds. The smallest absolute Gasteiger partial charge is 0.256 e. The maximum atomic E-state index is 12.2. The third kappa shape index (κ3) is 2.75. The van der Waals surface area contributed by atoms with E-state index in [0.29, 0.717) is 27.9 Å². The van der Waals surface area contributed by atoms with Gasteiger partial charge < -0.3 is 10.3 Å². The zero-order chi connectivity index (χ0) is 16.5. The van der Waals surface area contributed by atoms with Crippen molar-refractivity contribution in [3.63, 3.8) is 0 Å². The van der Waals surface area contributed by atoms with Gasteiger partial charge in [0.25, 0.3) is 5.91 Å². The Bertz CT molecular complexity index is 986. The van der Waals surface area contributed by atoms with E-state index in [0.717, 1.165) is 11.0 Å². The Hall–Kier alpha value is -3.12. The van der Waals surface area contributed by atoms with Gasteiger partial charge >= 0.3 is 0 Å². The summed E-state index contributed by atoms with van der Waals surface area (Å²) in [5.74, 6) is 0.829. The lowest BCUT2D eigenvalue weighted by molar-refractivity contribution is 0.102. The number of halogens is 1.